The molecule has 0 aromatic carbocycles. The maximum Gasteiger partial charge on any atom is 0.311 e. The van der Waals surface area contributed by atoms with Gasteiger partial charge in [0.2, 0.25) is 0 Å². The Balaban J connectivity index is 2.01. The molecule has 0 spiro atoms. The maximum absolute atomic E-state index is 13.8. The highest BCUT2D eigenvalue weighted by Crippen LogP contribution is 2.73. The summed E-state index contributed by atoms with van der Waals surface area (Å²) in [6.45, 7) is 22.2. The number of fused-ring (bicyclic) bond motifs is 3. The molecular formula is C34H57NO4. The Morgan fingerprint density at radius 3 is 2.26 bits per heavy atom. The van der Waals surface area contributed by atoms with Crippen LogP contribution in [0.25, 0.3) is 0 Å². The number of Topliss-reactive ketones (excluding diaryl/α,β-unsaturated/α-hetero) is 1. The van der Waals surface area contributed by atoms with Gasteiger partial charge in [0.05, 0.1) is 30.6 Å². The smallest absolute Gasteiger partial charge is 0.311 e. The van der Waals surface area contributed by atoms with Crippen LogP contribution >= 0.6 is 0 Å². The Kier molecular flexibility index (Phi) is 8.61. The highest BCUT2D eigenvalue weighted by Gasteiger charge is 2.69. The van der Waals surface area contributed by atoms with Crippen LogP contribution in [0, 0.1) is 67.5 Å². The second kappa shape index (κ2) is 10.5. The third-order valence-corrected chi connectivity index (χ3v) is 13.5. The van der Waals surface area contributed by atoms with Gasteiger partial charge in [0.25, 0.3) is 0 Å². The van der Waals surface area contributed by atoms with Gasteiger partial charge in [-0.2, -0.15) is 5.26 Å². The molecule has 3 fully saturated rings. The summed E-state index contributed by atoms with van der Waals surface area (Å²) in [7, 11) is 1.49. The first-order valence-electron chi connectivity index (χ1n) is 15.5. The number of carbonyl (C=O) groups is 2. The van der Waals surface area contributed by atoms with E-state index in [-0.39, 0.29) is 50.8 Å². The van der Waals surface area contributed by atoms with E-state index in [9.17, 15) is 20.0 Å². The molecule has 0 aliphatic heterocycles. The molecule has 222 valence electrons. The summed E-state index contributed by atoms with van der Waals surface area (Å²) in [5, 5.41) is 21.2. The molecule has 9 atom stereocenters. The number of rotatable bonds is 8. The van der Waals surface area contributed by atoms with Crippen molar-refractivity contribution in [2.75, 3.05) is 7.11 Å². The van der Waals surface area contributed by atoms with Gasteiger partial charge in [0, 0.05) is 12.3 Å². The predicted molar refractivity (Wildman–Crippen MR) is 155 cm³/mol. The number of aliphatic hydroxyl groups excluding tert-OH is 1. The quantitative estimate of drug-likeness (QED) is 0.316. The number of ketones is 1. The molecule has 3 aliphatic rings. The Labute approximate surface area is 238 Å². The second-order valence-corrected chi connectivity index (χ2v) is 16.2. The van der Waals surface area contributed by atoms with Crippen LogP contribution in [0.2, 0.25) is 0 Å². The van der Waals surface area contributed by atoms with Crippen molar-refractivity contribution in [3.63, 3.8) is 0 Å². The van der Waals surface area contributed by atoms with Crippen molar-refractivity contribution in [2.24, 2.45) is 56.2 Å². The van der Waals surface area contributed by atoms with Crippen molar-refractivity contribution in [1.82, 2.24) is 0 Å². The zero-order valence-electron chi connectivity index (χ0n) is 26.9. The topological polar surface area (TPSA) is 87.4 Å². The average molecular weight is 544 g/mol. The fraction of sp³-hybridized carbons (Fsp3) is 0.912. The van der Waals surface area contributed by atoms with Gasteiger partial charge in [-0.1, -0.05) is 68.7 Å². The molecule has 5 heteroatoms. The summed E-state index contributed by atoms with van der Waals surface area (Å²) in [5.74, 6) is 0.0418. The van der Waals surface area contributed by atoms with Gasteiger partial charge in [-0.05, 0) is 90.8 Å². The molecule has 0 radical (unpaired) electrons. The molecule has 0 amide bonds. The van der Waals surface area contributed by atoms with E-state index in [4.69, 9.17) is 4.74 Å². The van der Waals surface area contributed by atoms with Gasteiger partial charge in [-0.25, -0.2) is 0 Å². The van der Waals surface area contributed by atoms with Crippen molar-refractivity contribution in [1.29, 1.82) is 5.26 Å². The van der Waals surface area contributed by atoms with E-state index >= 15 is 0 Å². The lowest BCUT2D eigenvalue weighted by atomic mass is 9.34. The Morgan fingerprint density at radius 1 is 1.10 bits per heavy atom. The summed E-state index contributed by atoms with van der Waals surface area (Å²) in [5.41, 5.74) is -1.41. The minimum absolute atomic E-state index is 0.0955. The molecule has 1 N–H and O–H groups in total. The van der Waals surface area contributed by atoms with Crippen LogP contribution in [-0.2, 0) is 14.3 Å². The zero-order chi connectivity index (χ0) is 29.8. The summed E-state index contributed by atoms with van der Waals surface area (Å²) >= 11 is 0. The number of ether oxygens (including phenoxy) is 1. The van der Waals surface area contributed by atoms with Gasteiger partial charge >= 0.3 is 5.97 Å². The highest BCUT2D eigenvalue weighted by atomic mass is 16.5. The first-order chi connectivity index (χ1) is 17.8. The fourth-order valence-corrected chi connectivity index (χ4v) is 9.63. The minimum Gasteiger partial charge on any atom is -0.469 e. The molecule has 5 nitrogen and oxygen atoms in total. The molecule has 3 saturated carbocycles. The number of hydrogen-bond acceptors (Lipinski definition) is 5. The molecule has 3 rings (SSSR count). The largest absolute Gasteiger partial charge is 0.469 e. The van der Waals surface area contributed by atoms with Crippen molar-refractivity contribution in [3.8, 4) is 6.07 Å². The maximum atomic E-state index is 13.8. The second-order valence-electron chi connectivity index (χ2n) is 16.2. The number of methoxy groups -OCH3 is 1. The summed E-state index contributed by atoms with van der Waals surface area (Å²) in [4.78, 5) is 27.0. The van der Waals surface area contributed by atoms with E-state index in [1.54, 1.807) is 0 Å². The van der Waals surface area contributed by atoms with Crippen molar-refractivity contribution >= 4 is 11.8 Å². The van der Waals surface area contributed by atoms with Gasteiger partial charge in [0.15, 0.2) is 0 Å². The van der Waals surface area contributed by atoms with Crippen LogP contribution < -0.4 is 0 Å². The Morgan fingerprint density at radius 2 is 1.72 bits per heavy atom. The lowest BCUT2D eigenvalue weighted by Gasteiger charge is -2.70. The van der Waals surface area contributed by atoms with E-state index < -0.39 is 17.4 Å². The number of esters is 1. The van der Waals surface area contributed by atoms with Crippen LogP contribution in [0.3, 0.4) is 0 Å². The molecule has 3 aliphatic carbocycles. The first kappa shape index (κ1) is 32.1. The van der Waals surface area contributed by atoms with Crippen LogP contribution in [-0.4, -0.2) is 30.1 Å². The third kappa shape index (κ3) is 5.00. The average Bonchev–Trinajstić information content (AvgIpc) is 2.88. The van der Waals surface area contributed by atoms with Gasteiger partial charge < -0.3 is 9.84 Å². The van der Waals surface area contributed by atoms with Gasteiger partial charge in [0.1, 0.15) is 5.78 Å². The highest BCUT2D eigenvalue weighted by molar-refractivity contribution is 5.83. The van der Waals surface area contributed by atoms with E-state index in [0.29, 0.717) is 25.0 Å². The summed E-state index contributed by atoms with van der Waals surface area (Å²) in [6, 6.07) is 2.42. The summed E-state index contributed by atoms with van der Waals surface area (Å²) < 4.78 is 5.35. The first-order valence-corrected chi connectivity index (χ1v) is 15.5. The molecule has 0 aromatic heterocycles. The third-order valence-electron chi connectivity index (χ3n) is 13.5. The number of nitriles is 1. The molecular weight excluding hydrogens is 486 g/mol. The number of hydrogen-bond donors (Lipinski definition) is 1. The standard InChI is InChI=1S/C34H57NO4/c1-12-29(3,4)15-16-31(7,28(38)39-11)17-18-33(9)22(2)24(36)19-26-32(8)20-23(21-35)27(37)30(5,6)25(32)13-14-34(26,33)10/h22-23,25-27,37H,12-20H2,1-11H3/t22?,23?,25-,26+,27?,31-,32-,33+,34+/m0/s1. The van der Waals surface area contributed by atoms with Crippen molar-refractivity contribution in [3.05, 3.63) is 0 Å². The molecule has 0 heterocycles. The minimum atomic E-state index is -0.650. The molecule has 39 heavy (non-hydrogen) atoms. The normalized spacial score (nSPS) is 41.5. The number of nitrogens with zero attached hydrogens (tertiary/aromatic N) is 1. The molecule has 0 saturated heterocycles. The van der Waals surface area contributed by atoms with Gasteiger partial charge in [-0.15, -0.1) is 0 Å². The lowest BCUT2D eigenvalue weighted by Crippen LogP contribution is -2.66. The lowest BCUT2D eigenvalue weighted by molar-refractivity contribution is -0.228. The Hall–Kier alpha value is -1.41. The van der Waals surface area contributed by atoms with E-state index in [1.807, 2.05) is 0 Å². The van der Waals surface area contributed by atoms with E-state index in [1.165, 1.54) is 7.11 Å². The number of carbonyl (C=O) groups excluding carboxylic acids is 2. The van der Waals surface area contributed by atoms with E-state index in [0.717, 1.165) is 38.5 Å². The predicted octanol–water partition coefficient (Wildman–Crippen LogP) is 7.75. The van der Waals surface area contributed by atoms with Crippen LogP contribution in [0.4, 0.5) is 0 Å². The van der Waals surface area contributed by atoms with Crippen LogP contribution in [0.1, 0.15) is 127 Å². The van der Waals surface area contributed by atoms with Crippen LogP contribution in [0.15, 0.2) is 0 Å². The molecule has 0 aromatic rings. The molecule has 0 bridgehead atoms. The van der Waals surface area contributed by atoms with Crippen molar-refractivity contribution < 1.29 is 19.4 Å². The van der Waals surface area contributed by atoms with Crippen LogP contribution in [0.5, 0.6) is 0 Å². The SMILES string of the molecule is CCC(C)(C)CC[C@@](C)(CC[C@]1(C)C(C)C(=O)C[C@@H]2[C@@]3(C)CC(C#N)C(O)C(C)(C)[C@@H]3CC[C@]21C)C(=O)OC. The fourth-order valence-electron chi connectivity index (χ4n) is 9.63. The van der Waals surface area contributed by atoms with Crippen molar-refractivity contribution in [2.45, 2.75) is 133 Å². The van der Waals surface area contributed by atoms with E-state index in [2.05, 4.69) is 75.3 Å². The summed E-state index contributed by atoms with van der Waals surface area (Å²) in [6.07, 6.45) is 6.79. The van der Waals surface area contributed by atoms with Gasteiger partial charge in [-0.3, -0.25) is 9.59 Å². The Bertz CT molecular complexity index is 996. The molecule has 3 unspecified atom stereocenters. The monoisotopic (exact) mass is 543 g/mol. The number of aliphatic hydroxyl groups is 1. The zero-order valence-corrected chi connectivity index (χ0v) is 26.9.